The second kappa shape index (κ2) is 9.11. The first-order valence-corrected chi connectivity index (χ1v) is 8.95. The highest BCUT2D eigenvalue weighted by Crippen LogP contribution is 2.25. The number of nitrogens with zero attached hydrogens (tertiary/aromatic N) is 1. The number of nitro groups is 1. The number of carbonyl (C=O) groups is 2. The molecule has 0 spiro atoms. The van der Waals surface area contributed by atoms with Crippen molar-refractivity contribution < 1.29 is 23.6 Å². The number of ether oxygens (including phenoxy) is 1. The lowest BCUT2D eigenvalue weighted by molar-refractivity contribution is -0.384. The maximum atomic E-state index is 13.0. The molecule has 30 heavy (non-hydrogen) atoms. The highest BCUT2D eigenvalue weighted by atomic mass is 35.5. The molecule has 0 aliphatic heterocycles. The van der Waals surface area contributed by atoms with Crippen molar-refractivity contribution in [2.24, 2.45) is 0 Å². The van der Waals surface area contributed by atoms with Crippen LogP contribution in [0, 0.1) is 15.9 Å². The standard InChI is InChI=1S/C22H13ClFNO5/c23-16-6-12-21(30-22(27)15-4-9-18(10-5-15)25(28)29)19(13-16)20(26)11-3-14-1-7-17(24)8-2-14/h1-13H/b11-3+. The van der Waals surface area contributed by atoms with E-state index in [9.17, 15) is 24.1 Å². The van der Waals surface area contributed by atoms with Crippen LogP contribution < -0.4 is 4.74 Å². The van der Waals surface area contributed by atoms with E-state index in [0.29, 0.717) is 5.56 Å². The number of rotatable bonds is 6. The lowest BCUT2D eigenvalue weighted by Crippen LogP contribution is -2.11. The van der Waals surface area contributed by atoms with Gasteiger partial charge in [-0.2, -0.15) is 0 Å². The number of non-ortho nitro benzene ring substituents is 1. The van der Waals surface area contributed by atoms with E-state index in [1.165, 1.54) is 78.9 Å². The van der Waals surface area contributed by atoms with Gasteiger partial charge in [-0.25, -0.2) is 9.18 Å². The van der Waals surface area contributed by atoms with Crippen LogP contribution in [0.3, 0.4) is 0 Å². The topological polar surface area (TPSA) is 86.5 Å². The Labute approximate surface area is 175 Å². The van der Waals surface area contributed by atoms with Crippen molar-refractivity contribution in [3.05, 3.63) is 110 Å². The van der Waals surface area contributed by atoms with E-state index in [0.717, 1.165) is 0 Å². The summed E-state index contributed by atoms with van der Waals surface area (Å²) in [6.07, 6.45) is 2.74. The molecule has 0 aromatic heterocycles. The van der Waals surface area contributed by atoms with E-state index < -0.39 is 22.5 Å². The number of ketones is 1. The third kappa shape index (κ3) is 5.15. The Morgan fingerprint density at radius 2 is 1.67 bits per heavy atom. The number of benzene rings is 3. The molecule has 0 saturated carbocycles. The fraction of sp³-hybridized carbons (Fsp3) is 0. The second-order valence-electron chi connectivity index (χ2n) is 6.08. The van der Waals surface area contributed by atoms with Crippen molar-refractivity contribution in [1.29, 1.82) is 0 Å². The number of esters is 1. The first-order valence-electron chi connectivity index (χ1n) is 8.57. The van der Waals surface area contributed by atoms with Crippen LogP contribution in [-0.2, 0) is 0 Å². The van der Waals surface area contributed by atoms with Crippen molar-refractivity contribution in [3.63, 3.8) is 0 Å². The summed E-state index contributed by atoms with van der Waals surface area (Å²) in [4.78, 5) is 35.1. The quantitative estimate of drug-likeness (QED) is 0.130. The molecule has 0 amide bonds. The van der Waals surface area contributed by atoms with Gasteiger partial charge in [0.25, 0.3) is 5.69 Å². The zero-order valence-corrected chi connectivity index (χ0v) is 16.0. The average molecular weight is 426 g/mol. The van der Waals surface area contributed by atoms with E-state index in [-0.39, 0.29) is 27.6 Å². The largest absolute Gasteiger partial charge is 0.422 e. The molecule has 0 bridgehead atoms. The van der Waals surface area contributed by atoms with Gasteiger partial charge in [-0.3, -0.25) is 14.9 Å². The van der Waals surface area contributed by atoms with Crippen LogP contribution in [0.1, 0.15) is 26.3 Å². The number of halogens is 2. The van der Waals surface area contributed by atoms with Gasteiger partial charge in [0, 0.05) is 17.2 Å². The zero-order chi connectivity index (χ0) is 21.7. The predicted molar refractivity (Wildman–Crippen MR) is 109 cm³/mol. The first kappa shape index (κ1) is 20.9. The smallest absolute Gasteiger partial charge is 0.343 e. The van der Waals surface area contributed by atoms with Gasteiger partial charge in [0.2, 0.25) is 0 Å². The maximum Gasteiger partial charge on any atom is 0.343 e. The van der Waals surface area contributed by atoms with Crippen molar-refractivity contribution in [1.82, 2.24) is 0 Å². The van der Waals surface area contributed by atoms with Crippen LogP contribution in [-0.4, -0.2) is 16.7 Å². The molecule has 6 nitrogen and oxygen atoms in total. The van der Waals surface area contributed by atoms with Crippen molar-refractivity contribution >= 4 is 35.1 Å². The Kier molecular flexibility index (Phi) is 6.34. The van der Waals surface area contributed by atoms with Gasteiger partial charge in [0.1, 0.15) is 11.6 Å². The monoisotopic (exact) mass is 425 g/mol. The Hall–Kier alpha value is -3.84. The van der Waals surface area contributed by atoms with Crippen LogP contribution in [0.4, 0.5) is 10.1 Å². The van der Waals surface area contributed by atoms with Crippen LogP contribution in [0.5, 0.6) is 5.75 Å². The van der Waals surface area contributed by atoms with E-state index in [4.69, 9.17) is 16.3 Å². The minimum atomic E-state index is -0.788. The van der Waals surface area contributed by atoms with Crippen LogP contribution in [0.25, 0.3) is 6.08 Å². The summed E-state index contributed by atoms with van der Waals surface area (Å²) < 4.78 is 18.3. The van der Waals surface area contributed by atoms with Gasteiger partial charge in [-0.1, -0.05) is 29.8 Å². The van der Waals surface area contributed by atoms with Crippen LogP contribution >= 0.6 is 11.6 Å². The molecule has 0 fully saturated rings. The molecule has 3 aromatic rings. The molecule has 0 aliphatic carbocycles. The highest BCUT2D eigenvalue weighted by molar-refractivity contribution is 6.31. The van der Waals surface area contributed by atoms with Crippen LogP contribution in [0.15, 0.2) is 72.8 Å². The summed E-state index contributed by atoms with van der Waals surface area (Å²) in [6, 6.07) is 14.6. The zero-order valence-electron chi connectivity index (χ0n) is 15.2. The van der Waals surface area contributed by atoms with E-state index in [1.54, 1.807) is 0 Å². The van der Waals surface area contributed by atoms with Gasteiger partial charge in [0.05, 0.1) is 16.1 Å². The predicted octanol–water partition coefficient (Wildman–Crippen LogP) is 5.50. The molecule has 0 atom stereocenters. The summed E-state index contributed by atoms with van der Waals surface area (Å²) >= 11 is 5.97. The Morgan fingerprint density at radius 1 is 1.00 bits per heavy atom. The molecule has 150 valence electrons. The molecule has 3 aromatic carbocycles. The lowest BCUT2D eigenvalue weighted by atomic mass is 10.1. The van der Waals surface area contributed by atoms with Gasteiger partial charge in [-0.05, 0) is 54.1 Å². The first-order chi connectivity index (χ1) is 14.3. The molecule has 0 radical (unpaired) electrons. The van der Waals surface area contributed by atoms with Crippen LogP contribution in [0.2, 0.25) is 5.02 Å². The average Bonchev–Trinajstić information content (AvgIpc) is 2.74. The molecule has 3 rings (SSSR count). The van der Waals surface area contributed by atoms with E-state index in [2.05, 4.69) is 0 Å². The fourth-order valence-corrected chi connectivity index (χ4v) is 2.67. The molecule has 0 unspecified atom stereocenters. The third-order valence-electron chi connectivity index (χ3n) is 4.02. The molecular weight excluding hydrogens is 413 g/mol. The maximum absolute atomic E-state index is 13.0. The number of hydrogen-bond donors (Lipinski definition) is 0. The van der Waals surface area contributed by atoms with Crippen molar-refractivity contribution in [2.45, 2.75) is 0 Å². The van der Waals surface area contributed by atoms with Gasteiger partial charge >= 0.3 is 5.97 Å². The molecule has 0 N–H and O–H groups in total. The van der Waals surface area contributed by atoms with Gasteiger partial charge in [-0.15, -0.1) is 0 Å². The summed E-state index contributed by atoms with van der Waals surface area (Å²) in [7, 11) is 0. The fourth-order valence-electron chi connectivity index (χ4n) is 2.50. The minimum absolute atomic E-state index is 0.0171. The van der Waals surface area contributed by atoms with Gasteiger partial charge < -0.3 is 4.74 Å². The summed E-state index contributed by atoms with van der Waals surface area (Å²) in [6.45, 7) is 0. The molecule has 0 aliphatic rings. The molecule has 0 saturated heterocycles. The number of allylic oxidation sites excluding steroid dienone is 1. The second-order valence-corrected chi connectivity index (χ2v) is 6.52. The van der Waals surface area contributed by atoms with Crippen molar-refractivity contribution in [2.75, 3.05) is 0 Å². The summed E-state index contributed by atoms with van der Waals surface area (Å²) in [5.41, 5.74) is 0.572. The van der Waals surface area contributed by atoms with E-state index in [1.807, 2.05) is 0 Å². The summed E-state index contributed by atoms with van der Waals surface area (Å²) in [5.74, 6) is -1.68. The van der Waals surface area contributed by atoms with Gasteiger partial charge in [0.15, 0.2) is 5.78 Å². The summed E-state index contributed by atoms with van der Waals surface area (Å²) in [5, 5.41) is 11.0. The number of carbonyl (C=O) groups excluding carboxylic acids is 2. The molecular formula is C22H13ClFNO5. The Morgan fingerprint density at radius 3 is 2.30 bits per heavy atom. The Balaban J connectivity index is 1.82. The van der Waals surface area contributed by atoms with E-state index >= 15 is 0 Å². The number of hydrogen-bond acceptors (Lipinski definition) is 5. The molecule has 8 heteroatoms. The molecule has 0 heterocycles. The highest BCUT2D eigenvalue weighted by Gasteiger charge is 2.17. The number of nitro benzene ring substituents is 1. The SMILES string of the molecule is O=C(Oc1ccc(Cl)cc1C(=O)/C=C/c1ccc(F)cc1)c1ccc([N+](=O)[O-])cc1. The third-order valence-corrected chi connectivity index (χ3v) is 4.26. The lowest BCUT2D eigenvalue weighted by Gasteiger charge is -2.09. The normalized spacial score (nSPS) is 10.7. The Bertz CT molecular complexity index is 1140. The van der Waals surface area contributed by atoms with Crippen molar-refractivity contribution in [3.8, 4) is 5.75 Å². The minimum Gasteiger partial charge on any atom is -0.422 e.